The molecule has 0 aliphatic carbocycles. The topological polar surface area (TPSA) is 25.1 Å². The Morgan fingerprint density at radius 2 is 1.38 bits per heavy atom. The Kier molecular flexibility index (Phi) is 1.02. The molecule has 0 amide bonds. The molecule has 8 heavy (non-hydrogen) atoms. The Bertz CT molecular complexity index is 72.5. The van der Waals surface area contributed by atoms with Gasteiger partial charge in [-0.2, -0.15) is 0 Å². The molecule has 2 fully saturated rings. The lowest BCUT2D eigenvalue weighted by molar-refractivity contribution is 0.356. The maximum absolute atomic E-state index is 5.03. The highest BCUT2D eigenvalue weighted by Gasteiger charge is 2.28. The molecular weight excluding hydrogens is 104 g/mol. The molecule has 46 valence electrons. The summed E-state index contributed by atoms with van der Waals surface area (Å²) < 4.78 is 10.1. The van der Waals surface area contributed by atoms with Gasteiger partial charge in [0.05, 0.1) is 25.4 Å². The number of ether oxygens (including phenoxy) is 2. The number of hydrogen-bond donors (Lipinski definition) is 0. The molecule has 0 N–H and O–H groups in total. The van der Waals surface area contributed by atoms with Crippen LogP contribution in [0.4, 0.5) is 0 Å². The average molecular weight is 114 g/mol. The monoisotopic (exact) mass is 114 g/mol. The fourth-order valence-electron chi connectivity index (χ4n) is 0.841. The maximum Gasteiger partial charge on any atom is 0.0810 e. The van der Waals surface area contributed by atoms with Gasteiger partial charge in [-0.3, -0.25) is 0 Å². The summed E-state index contributed by atoms with van der Waals surface area (Å²) in [7, 11) is 0. The lowest BCUT2D eigenvalue weighted by Gasteiger charge is -1.86. The second kappa shape index (κ2) is 1.71. The van der Waals surface area contributed by atoms with Crippen LogP contribution in [-0.4, -0.2) is 25.4 Å². The van der Waals surface area contributed by atoms with Gasteiger partial charge in [0.2, 0.25) is 0 Å². The fraction of sp³-hybridized carbons (Fsp3) is 1.00. The first-order valence-corrected chi connectivity index (χ1v) is 3.18. The Morgan fingerprint density at radius 1 is 1.00 bits per heavy atom. The molecule has 0 aromatic carbocycles. The summed E-state index contributed by atoms with van der Waals surface area (Å²) in [5.74, 6) is 0. The zero-order valence-electron chi connectivity index (χ0n) is 4.80. The van der Waals surface area contributed by atoms with Crippen molar-refractivity contribution < 1.29 is 9.47 Å². The van der Waals surface area contributed by atoms with E-state index >= 15 is 0 Å². The lowest BCUT2D eigenvalue weighted by atomic mass is 10.2. The second-order valence-electron chi connectivity index (χ2n) is 2.49. The summed E-state index contributed by atoms with van der Waals surface area (Å²) in [6.07, 6.45) is 3.62. The normalized spacial score (nSPS) is 42.0. The van der Waals surface area contributed by atoms with Crippen LogP contribution in [0.5, 0.6) is 0 Å². The van der Waals surface area contributed by atoms with Crippen LogP contribution in [0.2, 0.25) is 0 Å². The van der Waals surface area contributed by atoms with E-state index in [-0.39, 0.29) is 0 Å². The number of hydrogen-bond acceptors (Lipinski definition) is 2. The molecule has 0 saturated carbocycles. The molecule has 2 heterocycles. The molecule has 2 saturated heterocycles. The van der Waals surface area contributed by atoms with E-state index in [1.165, 1.54) is 12.8 Å². The van der Waals surface area contributed by atoms with Gasteiger partial charge in [-0.15, -0.1) is 0 Å². The van der Waals surface area contributed by atoms with E-state index in [0.717, 1.165) is 13.2 Å². The van der Waals surface area contributed by atoms with Gasteiger partial charge < -0.3 is 9.47 Å². The molecule has 2 atom stereocenters. The highest BCUT2D eigenvalue weighted by Crippen LogP contribution is 2.22. The van der Waals surface area contributed by atoms with Crippen LogP contribution in [0.15, 0.2) is 0 Å². The predicted octanol–water partition coefficient (Wildman–Crippen LogP) is 0.564. The summed E-state index contributed by atoms with van der Waals surface area (Å²) in [6, 6.07) is 0. The summed E-state index contributed by atoms with van der Waals surface area (Å²) >= 11 is 0. The SMILES string of the molecule is C(C[C@@H]1CO1)[C@@H]1CO1. The minimum atomic E-state index is 0.596. The standard InChI is InChI=1S/C6H10O2/c1(5-3-7-5)2-6-4-8-6/h5-6H,1-4H2/t5-,6-/m1/s1. The van der Waals surface area contributed by atoms with Crippen molar-refractivity contribution >= 4 is 0 Å². The summed E-state index contributed by atoms with van der Waals surface area (Å²) in [5.41, 5.74) is 0. The smallest absolute Gasteiger partial charge is 0.0810 e. The van der Waals surface area contributed by atoms with Gasteiger partial charge in [-0.25, -0.2) is 0 Å². The number of epoxide rings is 2. The molecule has 2 heteroatoms. The van der Waals surface area contributed by atoms with Crippen molar-refractivity contribution in [3.05, 3.63) is 0 Å². The van der Waals surface area contributed by atoms with E-state index in [1.54, 1.807) is 0 Å². The molecular formula is C6H10O2. The van der Waals surface area contributed by atoms with Crippen LogP contribution in [0.25, 0.3) is 0 Å². The molecule has 2 aliphatic heterocycles. The van der Waals surface area contributed by atoms with Crippen LogP contribution in [0, 0.1) is 0 Å². The first kappa shape index (κ1) is 4.77. The van der Waals surface area contributed by atoms with Crippen LogP contribution in [-0.2, 0) is 9.47 Å². The van der Waals surface area contributed by atoms with Gasteiger partial charge in [-0.05, 0) is 12.8 Å². The van der Waals surface area contributed by atoms with Gasteiger partial charge in [0, 0.05) is 0 Å². The van der Waals surface area contributed by atoms with Gasteiger partial charge in [0.15, 0.2) is 0 Å². The molecule has 0 unspecified atom stereocenters. The third kappa shape index (κ3) is 1.20. The second-order valence-corrected chi connectivity index (χ2v) is 2.49. The highest BCUT2D eigenvalue weighted by molar-refractivity contribution is 4.75. The molecule has 2 nitrogen and oxygen atoms in total. The zero-order chi connectivity index (χ0) is 5.40. The maximum atomic E-state index is 5.03. The van der Waals surface area contributed by atoms with E-state index in [9.17, 15) is 0 Å². The number of rotatable bonds is 3. The Morgan fingerprint density at radius 3 is 1.62 bits per heavy atom. The molecule has 0 aromatic heterocycles. The minimum Gasteiger partial charge on any atom is -0.373 e. The quantitative estimate of drug-likeness (QED) is 0.501. The van der Waals surface area contributed by atoms with Crippen LogP contribution >= 0.6 is 0 Å². The predicted molar refractivity (Wildman–Crippen MR) is 28.7 cm³/mol. The Balaban J connectivity index is 1.56. The Hall–Kier alpha value is -0.0800. The lowest BCUT2D eigenvalue weighted by Crippen LogP contribution is -1.89. The summed E-state index contributed by atoms with van der Waals surface area (Å²) in [6.45, 7) is 1.99. The Labute approximate surface area is 48.8 Å². The molecule has 0 spiro atoms. The molecule has 0 radical (unpaired) electrons. The summed E-state index contributed by atoms with van der Waals surface area (Å²) in [5, 5.41) is 0. The van der Waals surface area contributed by atoms with Crippen molar-refractivity contribution in [1.82, 2.24) is 0 Å². The third-order valence-electron chi connectivity index (χ3n) is 1.62. The molecule has 0 bridgehead atoms. The molecule has 2 rings (SSSR count). The van der Waals surface area contributed by atoms with Gasteiger partial charge in [0.1, 0.15) is 0 Å². The van der Waals surface area contributed by atoms with E-state index in [0.29, 0.717) is 12.2 Å². The van der Waals surface area contributed by atoms with Gasteiger partial charge in [0.25, 0.3) is 0 Å². The zero-order valence-corrected chi connectivity index (χ0v) is 4.80. The summed E-state index contributed by atoms with van der Waals surface area (Å²) in [4.78, 5) is 0. The van der Waals surface area contributed by atoms with Crippen molar-refractivity contribution in [2.75, 3.05) is 13.2 Å². The minimum absolute atomic E-state index is 0.596. The van der Waals surface area contributed by atoms with Crippen LogP contribution in [0.1, 0.15) is 12.8 Å². The van der Waals surface area contributed by atoms with Crippen molar-refractivity contribution in [3.63, 3.8) is 0 Å². The first-order valence-electron chi connectivity index (χ1n) is 3.18. The van der Waals surface area contributed by atoms with Crippen molar-refractivity contribution in [2.45, 2.75) is 25.0 Å². The average Bonchev–Trinajstić information content (AvgIpc) is 2.60. The fourth-order valence-corrected chi connectivity index (χ4v) is 0.841. The largest absolute Gasteiger partial charge is 0.373 e. The van der Waals surface area contributed by atoms with E-state index in [4.69, 9.17) is 9.47 Å². The van der Waals surface area contributed by atoms with E-state index in [1.807, 2.05) is 0 Å². The van der Waals surface area contributed by atoms with Crippen molar-refractivity contribution in [3.8, 4) is 0 Å². The molecule has 0 aromatic rings. The van der Waals surface area contributed by atoms with Crippen molar-refractivity contribution in [1.29, 1.82) is 0 Å². The van der Waals surface area contributed by atoms with Gasteiger partial charge >= 0.3 is 0 Å². The highest BCUT2D eigenvalue weighted by atomic mass is 16.6. The molecule has 2 aliphatic rings. The van der Waals surface area contributed by atoms with E-state index < -0.39 is 0 Å². The first-order chi connectivity index (χ1) is 3.95. The van der Waals surface area contributed by atoms with Gasteiger partial charge in [-0.1, -0.05) is 0 Å². The van der Waals surface area contributed by atoms with Crippen LogP contribution < -0.4 is 0 Å². The van der Waals surface area contributed by atoms with Crippen molar-refractivity contribution in [2.24, 2.45) is 0 Å². The van der Waals surface area contributed by atoms with Crippen LogP contribution in [0.3, 0.4) is 0 Å². The van der Waals surface area contributed by atoms with E-state index in [2.05, 4.69) is 0 Å². The third-order valence-corrected chi connectivity index (χ3v) is 1.62.